The third kappa shape index (κ3) is 6.81. The number of pyridine rings is 1. The molecule has 0 aliphatic rings. The number of ketones is 1. The fraction of sp³-hybridized carbons (Fsp3) is 0.481. The van der Waals surface area contributed by atoms with E-state index in [4.69, 9.17) is 14.6 Å². The molecule has 1 aromatic carbocycles. The van der Waals surface area contributed by atoms with Crippen LogP contribution in [-0.2, 0) is 11.3 Å². The lowest BCUT2D eigenvalue weighted by atomic mass is 10.1. The predicted octanol–water partition coefficient (Wildman–Crippen LogP) is 3.86. The molecule has 2 aromatic heterocycles. The van der Waals surface area contributed by atoms with E-state index in [9.17, 15) is 9.59 Å². The average Bonchev–Trinajstić information content (AvgIpc) is 3.26. The molecular weight excluding hydrogens is 460 g/mol. The molecule has 2 heterocycles. The number of aliphatic hydroxyl groups excluding tert-OH is 1. The number of carbonyl (C=O) groups excluding carboxylic acids is 2. The maximum absolute atomic E-state index is 13.4. The Morgan fingerprint density at radius 1 is 1.06 bits per heavy atom. The smallest absolute Gasteiger partial charge is 0.244 e. The zero-order valence-electron chi connectivity index (χ0n) is 21.4. The predicted molar refractivity (Wildman–Crippen MR) is 138 cm³/mol. The van der Waals surface area contributed by atoms with Crippen LogP contribution >= 0.6 is 0 Å². The van der Waals surface area contributed by atoms with Crippen molar-refractivity contribution in [2.45, 2.75) is 52.5 Å². The molecule has 9 heteroatoms. The summed E-state index contributed by atoms with van der Waals surface area (Å²) in [5.41, 5.74) is 1.28. The van der Waals surface area contributed by atoms with Crippen LogP contribution in [0.2, 0.25) is 0 Å². The van der Waals surface area contributed by atoms with Gasteiger partial charge < -0.3 is 19.5 Å². The Bertz CT molecular complexity index is 1140. The van der Waals surface area contributed by atoms with Crippen molar-refractivity contribution in [3.05, 3.63) is 47.8 Å². The molecule has 1 amide bonds. The minimum Gasteiger partial charge on any atom is -0.497 e. The second-order valence-electron chi connectivity index (χ2n) is 8.62. The number of methoxy groups -OCH3 is 1. The van der Waals surface area contributed by atoms with Gasteiger partial charge in [-0.2, -0.15) is 5.10 Å². The lowest BCUT2D eigenvalue weighted by Crippen LogP contribution is -2.35. The van der Waals surface area contributed by atoms with Crippen molar-refractivity contribution in [1.29, 1.82) is 0 Å². The summed E-state index contributed by atoms with van der Waals surface area (Å²) in [5, 5.41) is 14.1. The van der Waals surface area contributed by atoms with Crippen molar-refractivity contribution >= 4 is 22.6 Å². The molecule has 0 aliphatic carbocycles. The highest BCUT2D eigenvalue weighted by Gasteiger charge is 2.22. The molecule has 0 spiro atoms. The summed E-state index contributed by atoms with van der Waals surface area (Å²) < 4.78 is 12.4. The first-order valence-corrected chi connectivity index (χ1v) is 12.6. The molecule has 0 bridgehead atoms. The molecule has 0 radical (unpaired) electrons. The SMILES string of the molecule is CCCCN(CCCC)C(=O)Cn1nc(C(=O)c2ccc(OCCCO)nc2)c2ccc(OC)cc21. The number of aliphatic hydroxyl groups is 1. The number of amides is 1. The number of carbonyl (C=O) groups is 2. The molecule has 36 heavy (non-hydrogen) atoms. The summed E-state index contributed by atoms with van der Waals surface area (Å²) in [7, 11) is 1.58. The maximum Gasteiger partial charge on any atom is 0.244 e. The van der Waals surface area contributed by atoms with E-state index in [-0.39, 0.29) is 30.5 Å². The van der Waals surface area contributed by atoms with E-state index in [1.807, 2.05) is 4.90 Å². The van der Waals surface area contributed by atoms with Crippen molar-refractivity contribution in [1.82, 2.24) is 19.7 Å². The lowest BCUT2D eigenvalue weighted by molar-refractivity contribution is -0.132. The van der Waals surface area contributed by atoms with Gasteiger partial charge in [-0.15, -0.1) is 0 Å². The molecule has 0 fully saturated rings. The first-order chi connectivity index (χ1) is 17.5. The minimum atomic E-state index is -0.292. The van der Waals surface area contributed by atoms with Crippen LogP contribution in [0.25, 0.3) is 10.9 Å². The number of rotatable bonds is 15. The highest BCUT2D eigenvalue weighted by Crippen LogP contribution is 2.26. The third-order valence-corrected chi connectivity index (χ3v) is 5.93. The summed E-state index contributed by atoms with van der Waals surface area (Å²) in [6.45, 7) is 6.06. The van der Waals surface area contributed by atoms with E-state index < -0.39 is 0 Å². The Morgan fingerprint density at radius 2 is 1.81 bits per heavy atom. The number of benzene rings is 1. The van der Waals surface area contributed by atoms with Gasteiger partial charge in [0, 0.05) is 55.4 Å². The standard InChI is InChI=1S/C27H36N4O5/c1-4-6-13-30(14-7-5-2)25(33)19-31-23-17-21(35-3)10-11-22(23)26(29-31)27(34)20-9-12-24(28-18-20)36-16-8-15-32/h9-12,17-18,32H,4-8,13-16,19H2,1-3H3. The number of nitrogens with zero attached hydrogens (tertiary/aromatic N) is 4. The van der Waals surface area contributed by atoms with Crippen molar-refractivity contribution in [3.8, 4) is 11.6 Å². The average molecular weight is 497 g/mol. The summed E-state index contributed by atoms with van der Waals surface area (Å²) in [6, 6.07) is 8.63. The molecule has 0 saturated carbocycles. The first kappa shape index (κ1) is 27.1. The highest BCUT2D eigenvalue weighted by molar-refractivity contribution is 6.15. The van der Waals surface area contributed by atoms with Gasteiger partial charge in [0.1, 0.15) is 18.0 Å². The van der Waals surface area contributed by atoms with Gasteiger partial charge in [0.25, 0.3) is 0 Å². The second kappa shape index (κ2) is 13.6. The van der Waals surface area contributed by atoms with Crippen LogP contribution in [0.5, 0.6) is 11.6 Å². The van der Waals surface area contributed by atoms with Crippen molar-refractivity contribution in [2.24, 2.45) is 0 Å². The van der Waals surface area contributed by atoms with Crippen LogP contribution in [0.1, 0.15) is 62.0 Å². The Balaban J connectivity index is 1.90. The summed E-state index contributed by atoms with van der Waals surface area (Å²) >= 11 is 0. The van der Waals surface area contributed by atoms with E-state index in [0.717, 1.165) is 25.7 Å². The van der Waals surface area contributed by atoms with E-state index in [2.05, 4.69) is 23.9 Å². The molecule has 3 aromatic rings. The van der Waals surface area contributed by atoms with Gasteiger partial charge in [0.2, 0.25) is 17.6 Å². The number of unbranched alkanes of at least 4 members (excludes halogenated alkanes) is 2. The van der Waals surface area contributed by atoms with Crippen LogP contribution in [0.4, 0.5) is 0 Å². The molecule has 0 unspecified atom stereocenters. The number of ether oxygens (including phenoxy) is 2. The van der Waals surface area contributed by atoms with Crippen LogP contribution in [0.15, 0.2) is 36.5 Å². The van der Waals surface area contributed by atoms with Crippen LogP contribution in [-0.4, -0.2) is 69.9 Å². The molecule has 3 rings (SSSR count). The zero-order valence-corrected chi connectivity index (χ0v) is 21.4. The number of hydrogen-bond donors (Lipinski definition) is 1. The largest absolute Gasteiger partial charge is 0.497 e. The van der Waals surface area contributed by atoms with Gasteiger partial charge in [0.15, 0.2) is 0 Å². The summed E-state index contributed by atoms with van der Waals surface area (Å²) in [5.74, 6) is 0.689. The second-order valence-corrected chi connectivity index (χ2v) is 8.62. The van der Waals surface area contributed by atoms with Crippen molar-refractivity contribution in [3.63, 3.8) is 0 Å². The van der Waals surface area contributed by atoms with Gasteiger partial charge in [-0.25, -0.2) is 4.98 Å². The zero-order chi connectivity index (χ0) is 25.9. The van der Waals surface area contributed by atoms with Crippen LogP contribution in [0, 0.1) is 0 Å². The van der Waals surface area contributed by atoms with Crippen LogP contribution < -0.4 is 9.47 Å². The van der Waals surface area contributed by atoms with Gasteiger partial charge >= 0.3 is 0 Å². The molecule has 0 aliphatic heterocycles. The van der Waals surface area contributed by atoms with Crippen molar-refractivity contribution < 1.29 is 24.2 Å². The fourth-order valence-electron chi connectivity index (χ4n) is 3.83. The quantitative estimate of drug-likeness (QED) is 0.251. The van der Waals surface area contributed by atoms with Crippen molar-refractivity contribution in [2.75, 3.05) is 33.4 Å². The Labute approximate surface area is 212 Å². The highest BCUT2D eigenvalue weighted by atomic mass is 16.5. The third-order valence-electron chi connectivity index (χ3n) is 5.93. The topological polar surface area (TPSA) is 107 Å². The monoisotopic (exact) mass is 496 g/mol. The Morgan fingerprint density at radius 3 is 2.42 bits per heavy atom. The summed E-state index contributed by atoms with van der Waals surface area (Å²) in [4.78, 5) is 32.7. The van der Waals surface area contributed by atoms with E-state index in [1.54, 1.807) is 42.1 Å². The lowest BCUT2D eigenvalue weighted by Gasteiger charge is -2.22. The fourth-order valence-corrected chi connectivity index (χ4v) is 3.83. The molecule has 0 saturated heterocycles. The van der Waals surface area contributed by atoms with E-state index in [1.165, 1.54) is 6.20 Å². The van der Waals surface area contributed by atoms with Gasteiger partial charge in [-0.3, -0.25) is 14.3 Å². The number of aromatic nitrogens is 3. The molecule has 1 N–H and O–H groups in total. The van der Waals surface area contributed by atoms with Gasteiger partial charge in [-0.05, 0) is 31.0 Å². The molecule has 9 nitrogen and oxygen atoms in total. The van der Waals surface area contributed by atoms with Gasteiger partial charge in [-0.1, -0.05) is 26.7 Å². The van der Waals surface area contributed by atoms with E-state index in [0.29, 0.717) is 54.2 Å². The minimum absolute atomic E-state index is 0.0193. The maximum atomic E-state index is 13.4. The van der Waals surface area contributed by atoms with Crippen LogP contribution in [0.3, 0.4) is 0 Å². The summed E-state index contributed by atoms with van der Waals surface area (Å²) in [6.07, 6.45) is 5.86. The number of hydrogen-bond acceptors (Lipinski definition) is 7. The Kier molecular flexibility index (Phi) is 10.2. The molecule has 0 atom stereocenters. The molecule has 194 valence electrons. The van der Waals surface area contributed by atoms with Gasteiger partial charge in [0.05, 0.1) is 19.2 Å². The number of fused-ring (bicyclic) bond motifs is 1. The first-order valence-electron chi connectivity index (χ1n) is 12.6. The van der Waals surface area contributed by atoms with E-state index >= 15 is 0 Å². The Hall–Kier alpha value is -3.46. The normalized spacial score (nSPS) is 11.0. The molecular formula is C27H36N4O5.